The van der Waals surface area contributed by atoms with E-state index in [4.69, 9.17) is 14.2 Å². The Kier molecular flexibility index (Phi) is 8.21. The normalized spacial score (nSPS) is 17.5. The molecule has 0 saturated carbocycles. The lowest BCUT2D eigenvalue weighted by Crippen LogP contribution is -2.67. The van der Waals surface area contributed by atoms with Gasteiger partial charge in [0, 0.05) is 6.54 Å². The Balaban J connectivity index is 2.03. The Hall–Kier alpha value is -4.18. The fourth-order valence-electron chi connectivity index (χ4n) is 3.63. The maximum atomic E-state index is 13.0. The van der Waals surface area contributed by atoms with Crippen LogP contribution in [0.4, 0.5) is 0 Å². The first-order valence-electron chi connectivity index (χ1n) is 10.8. The van der Waals surface area contributed by atoms with Crippen LogP contribution < -0.4 is 0 Å². The first kappa shape index (κ1) is 25.4. The van der Waals surface area contributed by atoms with E-state index in [9.17, 15) is 29.4 Å². The number of hydrogen-bond acceptors (Lipinski definition) is 8. The van der Waals surface area contributed by atoms with Crippen LogP contribution >= 0.6 is 0 Å². The number of carboxylic acid groups (broad SMARTS) is 2. The van der Waals surface area contributed by atoms with Crippen LogP contribution in [0.15, 0.2) is 73.0 Å². The summed E-state index contributed by atoms with van der Waals surface area (Å²) in [6.07, 6.45) is 1.50. The number of likely N-dealkylation sites (N-methyl/N-ethyl adjacent to an activating group) is 1. The van der Waals surface area contributed by atoms with Gasteiger partial charge in [-0.05, 0) is 50.2 Å². The van der Waals surface area contributed by atoms with Crippen molar-refractivity contribution in [3.05, 3.63) is 84.1 Å². The molecule has 2 aromatic carbocycles. The summed E-state index contributed by atoms with van der Waals surface area (Å²) in [6, 6.07) is 15.0. The second kappa shape index (κ2) is 11.3. The molecule has 0 aromatic heterocycles. The first-order valence-corrected chi connectivity index (χ1v) is 10.8. The lowest BCUT2D eigenvalue weighted by Gasteiger charge is -2.41. The minimum absolute atomic E-state index is 0.00386. The van der Waals surface area contributed by atoms with Crippen molar-refractivity contribution in [1.29, 1.82) is 0 Å². The van der Waals surface area contributed by atoms with Crippen molar-refractivity contribution < 1.29 is 43.6 Å². The summed E-state index contributed by atoms with van der Waals surface area (Å²) < 4.78 is 16.1. The van der Waals surface area contributed by atoms with Crippen molar-refractivity contribution in [2.45, 2.75) is 30.8 Å². The van der Waals surface area contributed by atoms with Gasteiger partial charge >= 0.3 is 29.6 Å². The smallest absolute Gasteiger partial charge is 0.369 e. The molecule has 2 N–H and O–H groups in total. The summed E-state index contributed by atoms with van der Waals surface area (Å²) in [6.45, 7) is -0.134. The molecule has 0 amide bonds. The summed E-state index contributed by atoms with van der Waals surface area (Å²) in [4.78, 5) is 51.7. The Bertz CT molecular complexity index is 1090. The molecule has 0 bridgehead atoms. The fraction of sp³-hybridized carbons (Fsp3) is 0.280. The van der Waals surface area contributed by atoms with Crippen LogP contribution in [0, 0.1) is 0 Å². The van der Waals surface area contributed by atoms with Gasteiger partial charge in [0.2, 0.25) is 0 Å². The predicted molar refractivity (Wildman–Crippen MR) is 121 cm³/mol. The molecule has 3 atom stereocenters. The molecule has 2 aromatic rings. The zero-order chi connectivity index (χ0) is 25.4. The number of carbonyl (C=O) groups excluding carboxylic acids is 2. The molecule has 1 heterocycles. The number of esters is 2. The Morgan fingerprint density at radius 2 is 1.57 bits per heavy atom. The Labute approximate surface area is 201 Å². The minimum Gasteiger partial charge on any atom is -0.497 e. The second-order valence-electron chi connectivity index (χ2n) is 7.83. The van der Waals surface area contributed by atoms with Gasteiger partial charge in [0.15, 0.2) is 0 Å². The summed E-state index contributed by atoms with van der Waals surface area (Å²) >= 11 is 0. The van der Waals surface area contributed by atoms with Gasteiger partial charge in [-0.25, -0.2) is 19.2 Å². The van der Waals surface area contributed by atoms with Gasteiger partial charge < -0.3 is 24.4 Å². The molecule has 10 nitrogen and oxygen atoms in total. The van der Waals surface area contributed by atoms with E-state index in [1.807, 2.05) is 0 Å². The molecule has 35 heavy (non-hydrogen) atoms. The van der Waals surface area contributed by atoms with Gasteiger partial charge in [-0.1, -0.05) is 36.4 Å². The average Bonchev–Trinajstić information content (AvgIpc) is 2.87. The highest BCUT2D eigenvalue weighted by molar-refractivity contribution is 5.97. The van der Waals surface area contributed by atoms with Gasteiger partial charge in [-0.15, -0.1) is 0 Å². The SMILES string of the molecule is CN(CC1CCC=CO1)C(OC(=O)c1ccccc1)(C(=O)O)C(OC(=O)c1ccccc1)C(=O)O. The van der Waals surface area contributed by atoms with Gasteiger partial charge in [0.25, 0.3) is 6.10 Å². The van der Waals surface area contributed by atoms with E-state index in [-0.39, 0.29) is 17.7 Å². The number of ether oxygens (including phenoxy) is 3. The number of allylic oxidation sites excluding steroid dienone is 1. The Morgan fingerprint density at radius 1 is 1.00 bits per heavy atom. The fourth-order valence-corrected chi connectivity index (χ4v) is 3.63. The number of carbonyl (C=O) groups is 4. The van der Waals surface area contributed by atoms with Gasteiger partial charge in [0.05, 0.1) is 17.4 Å². The average molecular weight is 483 g/mol. The lowest BCUT2D eigenvalue weighted by atomic mass is 10.0. The zero-order valence-corrected chi connectivity index (χ0v) is 18.9. The second-order valence-corrected chi connectivity index (χ2v) is 7.83. The topological polar surface area (TPSA) is 140 Å². The predicted octanol–water partition coefficient (Wildman–Crippen LogP) is 2.56. The zero-order valence-electron chi connectivity index (χ0n) is 18.9. The van der Waals surface area contributed by atoms with E-state index >= 15 is 0 Å². The first-order chi connectivity index (χ1) is 16.8. The van der Waals surface area contributed by atoms with E-state index in [1.165, 1.54) is 61.8 Å². The lowest BCUT2D eigenvalue weighted by molar-refractivity contribution is -0.215. The molecule has 0 radical (unpaired) electrons. The highest BCUT2D eigenvalue weighted by Gasteiger charge is 2.60. The van der Waals surface area contributed by atoms with Crippen LogP contribution in [0.2, 0.25) is 0 Å². The third kappa shape index (κ3) is 5.85. The molecular formula is C25H25NO9. The molecule has 1 aliphatic heterocycles. The van der Waals surface area contributed by atoms with E-state index in [2.05, 4.69) is 0 Å². The number of carboxylic acids is 2. The van der Waals surface area contributed by atoms with E-state index in [0.717, 1.165) is 4.90 Å². The molecule has 3 unspecified atom stereocenters. The van der Waals surface area contributed by atoms with Crippen LogP contribution in [-0.4, -0.2) is 70.5 Å². The number of nitrogens with zero attached hydrogens (tertiary/aromatic N) is 1. The van der Waals surface area contributed by atoms with Crippen LogP contribution in [0.1, 0.15) is 33.6 Å². The largest absolute Gasteiger partial charge is 0.497 e. The van der Waals surface area contributed by atoms with E-state index in [1.54, 1.807) is 18.2 Å². The molecule has 184 valence electrons. The molecule has 0 saturated heterocycles. The highest BCUT2D eigenvalue weighted by atomic mass is 16.6. The van der Waals surface area contributed by atoms with Crippen LogP contribution in [0.5, 0.6) is 0 Å². The van der Waals surface area contributed by atoms with Gasteiger partial charge in [0.1, 0.15) is 6.10 Å². The van der Waals surface area contributed by atoms with E-state index < -0.39 is 41.8 Å². The number of hydrogen-bond donors (Lipinski definition) is 2. The van der Waals surface area contributed by atoms with Crippen LogP contribution in [-0.2, 0) is 23.8 Å². The van der Waals surface area contributed by atoms with Crippen molar-refractivity contribution >= 4 is 23.9 Å². The summed E-state index contributed by atoms with van der Waals surface area (Å²) in [5.41, 5.74) is -2.93. The van der Waals surface area contributed by atoms with Crippen molar-refractivity contribution in [3.8, 4) is 0 Å². The number of benzene rings is 2. The van der Waals surface area contributed by atoms with Crippen molar-refractivity contribution in [2.24, 2.45) is 0 Å². The molecule has 0 aliphatic carbocycles. The van der Waals surface area contributed by atoms with Crippen LogP contribution in [0.3, 0.4) is 0 Å². The maximum absolute atomic E-state index is 13.0. The van der Waals surface area contributed by atoms with Crippen molar-refractivity contribution in [1.82, 2.24) is 4.90 Å². The summed E-state index contributed by atoms with van der Waals surface area (Å²) in [5.74, 6) is -5.84. The van der Waals surface area contributed by atoms with Crippen LogP contribution in [0.25, 0.3) is 0 Å². The summed E-state index contributed by atoms with van der Waals surface area (Å²) in [7, 11) is 1.26. The van der Waals surface area contributed by atoms with Crippen molar-refractivity contribution in [3.63, 3.8) is 0 Å². The third-order valence-corrected chi connectivity index (χ3v) is 5.45. The highest BCUT2D eigenvalue weighted by Crippen LogP contribution is 2.29. The third-order valence-electron chi connectivity index (χ3n) is 5.45. The van der Waals surface area contributed by atoms with Crippen molar-refractivity contribution in [2.75, 3.05) is 13.6 Å². The minimum atomic E-state index is -2.91. The number of aliphatic carboxylic acids is 2. The molecule has 0 spiro atoms. The quantitative estimate of drug-likeness (QED) is 0.383. The molecular weight excluding hydrogens is 458 g/mol. The molecule has 10 heteroatoms. The molecule has 1 aliphatic rings. The van der Waals surface area contributed by atoms with Gasteiger partial charge in [-0.2, -0.15) is 0 Å². The summed E-state index contributed by atoms with van der Waals surface area (Å²) in [5, 5.41) is 20.3. The Morgan fingerprint density at radius 3 is 2.06 bits per heavy atom. The molecule has 3 rings (SSSR count). The maximum Gasteiger partial charge on any atom is 0.369 e. The standard InChI is InChI=1S/C25H25NO9/c1-26(16-19-14-8-9-15-33-19)25(24(31)32,35-23(30)18-12-6-3-7-13-18)20(21(27)28)34-22(29)17-10-4-2-5-11-17/h2-7,9-13,15,19-20H,8,14,16H2,1H3,(H,27,28)(H,31,32). The van der Waals surface area contributed by atoms with E-state index in [0.29, 0.717) is 12.8 Å². The number of rotatable bonds is 10. The monoisotopic (exact) mass is 483 g/mol. The molecule has 0 fully saturated rings. The van der Waals surface area contributed by atoms with Gasteiger partial charge in [-0.3, -0.25) is 4.90 Å².